The molecule has 0 unspecified atom stereocenters. The van der Waals surface area contributed by atoms with Gasteiger partial charge in [0, 0.05) is 0 Å². The molecule has 0 aromatic heterocycles. The number of hydrogen-bond acceptors (Lipinski definition) is 2. The monoisotopic (exact) mass is 225 g/mol. The van der Waals surface area contributed by atoms with Gasteiger partial charge in [-0.1, -0.05) is 60.7 Å². The average molecular weight is 225 g/mol. The number of rotatable bonds is 2. The van der Waals surface area contributed by atoms with Gasteiger partial charge in [-0.25, -0.2) is 0 Å². The zero-order valence-corrected chi connectivity index (χ0v) is 9.58. The summed E-state index contributed by atoms with van der Waals surface area (Å²) in [5.41, 5.74) is 2.05. The van der Waals surface area contributed by atoms with Gasteiger partial charge in [0.05, 0.1) is 19.1 Å². The van der Waals surface area contributed by atoms with Crippen molar-refractivity contribution in [1.29, 1.82) is 5.26 Å². The lowest BCUT2D eigenvalue weighted by Gasteiger charge is -1.89. The van der Waals surface area contributed by atoms with Crippen LogP contribution in [0.25, 0.3) is 0 Å². The van der Waals surface area contributed by atoms with Crippen molar-refractivity contribution in [3.63, 3.8) is 0 Å². The summed E-state index contributed by atoms with van der Waals surface area (Å²) in [4.78, 5) is 0. The maximum absolute atomic E-state index is 8.54. The maximum Gasteiger partial charge on any atom is 0.0681 e. The Kier molecular flexibility index (Phi) is 6.17. The van der Waals surface area contributed by atoms with Crippen LogP contribution in [0.5, 0.6) is 0 Å². The van der Waals surface area contributed by atoms with Crippen LogP contribution in [0.1, 0.15) is 11.1 Å². The highest BCUT2D eigenvalue weighted by Crippen LogP contribution is 1.97. The molecule has 86 valence electrons. The molecule has 2 aromatic rings. The SMILES string of the molecule is N#CCc1ccccc1.OCc1ccccc1. The first kappa shape index (κ1) is 13.0. The van der Waals surface area contributed by atoms with Gasteiger partial charge in [0.1, 0.15) is 0 Å². The smallest absolute Gasteiger partial charge is 0.0681 e. The topological polar surface area (TPSA) is 44.0 Å². The molecule has 0 fully saturated rings. The van der Waals surface area contributed by atoms with E-state index in [1.807, 2.05) is 60.7 Å². The number of benzene rings is 2. The van der Waals surface area contributed by atoms with Gasteiger partial charge in [-0.05, 0) is 11.1 Å². The largest absolute Gasteiger partial charge is 0.392 e. The predicted octanol–water partition coefficient (Wildman–Crippen LogP) is 2.93. The second-order valence-electron chi connectivity index (χ2n) is 3.46. The van der Waals surface area contributed by atoms with Crippen LogP contribution < -0.4 is 0 Å². The van der Waals surface area contributed by atoms with Crippen molar-refractivity contribution < 1.29 is 5.11 Å². The van der Waals surface area contributed by atoms with E-state index in [2.05, 4.69) is 6.07 Å². The molecule has 0 amide bonds. The molecule has 0 aliphatic heterocycles. The van der Waals surface area contributed by atoms with Crippen molar-refractivity contribution in [3.8, 4) is 6.07 Å². The van der Waals surface area contributed by atoms with E-state index in [0.717, 1.165) is 11.1 Å². The molecule has 2 heteroatoms. The third kappa shape index (κ3) is 5.50. The number of nitriles is 1. The summed E-state index contributed by atoms with van der Waals surface area (Å²) in [7, 11) is 0. The lowest BCUT2D eigenvalue weighted by Crippen LogP contribution is -1.77. The van der Waals surface area contributed by atoms with E-state index in [1.54, 1.807) is 0 Å². The molecule has 2 rings (SSSR count). The summed E-state index contributed by atoms with van der Waals surface area (Å²) in [5.74, 6) is 0. The Hall–Kier alpha value is -2.11. The maximum atomic E-state index is 8.54. The van der Waals surface area contributed by atoms with Crippen molar-refractivity contribution in [2.24, 2.45) is 0 Å². The van der Waals surface area contributed by atoms with Gasteiger partial charge in [0.15, 0.2) is 0 Å². The van der Waals surface area contributed by atoms with E-state index in [9.17, 15) is 0 Å². The van der Waals surface area contributed by atoms with Crippen LogP contribution in [0, 0.1) is 11.3 Å². The molecule has 0 saturated carbocycles. The minimum Gasteiger partial charge on any atom is -0.392 e. The first-order valence-electron chi connectivity index (χ1n) is 5.42. The molecule has 0 spiro atoms. The van der Waals surface area contributed by atoms with Gasteiger partial charge in [0.25, 0.3) is 0 Å². The van der Waals surface area contributed by atoms with Crippen LogP contribution in [0.4, 0.5) is 0 Å². The summed E-state index contributed by atoms with van der Waals surface area (Å²) in [6.07, 6.45) is 0.515. The van der Waals surface area contributed by atoms with Crippen LogP contribution in [-0.4, -0.2) is 5.11 Å². The van der Waals surface area contributed by atoms with E-state index >= 15 is 0 Å². The molecule has 0 bridgehead atoms. The molecule has 0 atom stereocenters. The van der Waals surface area contributed by atoms with E-state index in [-0.39, 0.29) is 6.61 Å². The first-order valence-corrected chi connectivity index (χ1v) is 5.42. The van der Waals surface area contributed by atoms with Crippen LogP contribution in [-0.2, 0) is 13.0 Å². The molecule has 2 nitrogen and oxygen atoms in total. The van der Waals surface area contributed by atoms with Crippen molar-refractivity contribution in [2.45, 2.75) is 13.0 Å². The summed E-state index contributed by atoms with van der Waals surface area (Å²) in [6.45, 7) is 0.140. The van der Waals surface area contributed by atoms with Crippen molar-refractivity contribution in [2.75, 3.05) is 0 Å². The fourth-order valence-corrected chi connectivity index (χ4v) is 1.27. The third-order valence-corrected chi connectivity index (χ3v) is 2.15. The Balaban J connectivity index is 0.000000171. The lowest BCUT2D eigenvalue weighted by molar-refractivity contribution is 0.282. The zero-order valence-electron chi connectivity index (χ0n) is 9.58. The van der Waals surface area contributed by atoms with Gasteiger partial charge in [-0.15, -0.1) is 0 Å². The fraction of sp³-hybridized carbons (Fsp3) is 0.133. The Labute approximate surface area is 102 Å². The van der Waals surface area contributed by atoms with Gasteiger partial charge in [0.2, 0.25) is 0 Å². The Bertz CT molecular complexity index is 445. The van der Waals surface area contributed by atoms with Gasteiger partial charge < -0.3 is 5.11 Å². The van der Waals surface area contributed by atoms with Gasteiger partial charge >= 0.3 is 0 Å². The van der Waals surface area contributed by atoms with E-state index in [0.29, 0.717) is 6.42 Å². The third-order valence-electron chi connectivity index (χ3n) is 2.15. The summed E-state index contributed by atoms with van der Waals surface area (Å²) in [5, 5.41) is 16.8. The second-order valence-corrected chi connectivity index (χ2v) is 3.46. The van der Waals surface area contributed by atoms with Crippen molar-refractivity contribution in [3.05, 3.63) is 71.8 Å². The fourth-order valence-electron chi connectivity index (χ4n) is 1.27. The molecule has 17 heavy (non-hydrogen) atoms. The highest BCUT2D eigenvalue weighted by molar-refractivity contribution is 5.17. The molecule has 2 aromatic carbocycles. The van der Waals surface area contributed by atoms with Crippen LogP contribution in [0.15, 0.2) is 60.7 Å². The quantitative estimate of drug-likeness (QED) is 0.854. The summed E-state index contributed by atoms with van der Waals surface area (Å²) < 4.78 is 0. The zero-order chi connectivity index (χ0) is 12.3. The van der Waals surface area contributed by atoms with E-state index < -0.39 is 0 Å². The normalized spacial score (nSPS) is 8.71. The minimum atomic E-state index is 0.140. The predicted molar refractivity (Wildman–Crippen MR) is 68.1 cm³/mol. The number of aliphatic hydroxyl groups is 1. The van der Waals surface area contributed by atoms with Crippen LogP contribution >= 0.6 is 0 Å². The van der Waals surface area contributed by atoms with Crippen molar-refractivity contribution in [1.82, 2.24) is 0 Å². The van der Waals surface area contributed by atoms with Gasteiger partial charge in [-0.2, -0.15) is 5.26 Å². The second kappa shape index (κ2) is 8.09. The standard InChI is InChI=1S/C8H7N.C7H8O/c9-7-6-8-4-2-1-3-5-8;8-6-7-4-2-1-3-5-7/h1-5H,6H2;1-5,8H,6H2. The Morgan fingerprint density at radius 1 is 0.824 bits per heavy atom. The summed E-state index contributed by atoms with van der Waals surface area (Å²) in [6, 6.07) is 21.3. The molecule has 0 aliphatic rings. The van der Waals surface area contributed by atoms with Gasteiger partial charge in [-0.3, -0.25) is 0 Å². The number of nitrogens with zero attached hydrogens (tertiary/aromatic N) is 1. The van der Waals surface area contributed by atoms with E-state index in [4.69, 9.17) is 10.4 Å². The lowest BCUT2D eigenvalue weighted by atomic mass is 10.2. The molecule has 0 radical (unpaired) electrons. The Morgan fingerprint density at radius 2 is 1.29 bits per heavy atom. The van der Waals surface area contributed by atoms with Crippen LogP contribution in [0.2, 0.25) is 0 Å². The Morgan fingerprint density at radius 3 is 1.65 bits per heavy atom. The highest BCUT2D eigenvalue weighted by atomic mass is 16.3. The molecule has 0 saturated heterocycles. The van der Waals surface area contributed by atoms with E-state index in [1.165, 1.54) is 0 Å². The molecular weight excluding hydrogens is 210 g/mol. The number of aliphatic hydroxyl groups excluding tert-OH is 1. The number of hydrogen-bond donors (Lipinski definition) is 1. The molecule has 0 aliphatic carbocycles. The summed E-state index contributed by atoms with van der Waals surface area (Å²) >= 11 is 0. The first-order chi connectivity index (χ1) is 8.36. The van der Waals surface area contributed by atoms with Crippen LogP contribution in [0.3, 0.4) is 0 Å². The molecule has 0 heterocycles. The minimum absolute atomic E-state index is 0.140. The van der Waals surface area contributed by atoms with Crippen molar-refractivity contribution >= 4 is 0 Å². The highest BCUT2D eigenvalue weighted by Gasteiger charge is 1.84. The average Bonchev–Trinajstić information content (AvgIpc) is 2.42. The molecule has 1 N–H and O–H groups in total. The molecular formula is C15H15NO.